The molecule has 1 aliphatic carbocycles. The molecule has 1 aliphatic rings. The highest BCUT2D eigenvalue weighted by Gasteiger charge is 2.42. The van der Waals surface area contributed by atoms with Crippen LogP contribution in [0.15, 0.2) is 36.7 Å². The smallest absolute Gasteiger partial charge is 0.251 e. The number of aliphatic hydroxyl groups excluding tert-OH is 1. The predicted octanol–water partition coefficient (Wildman–Crippen LogP) is 0.269. The molecule has 0 bridgehead atoms. The van der Waals surface area contributed by atoms with Crippen molar-refractivity contribution >= 4 is 16.9 Å². The molecule has 4 rings (SSSR count). The molecule has 8 heteroatoms. The van der Waals surface area contributed by atoms with Gasteiger partial charge in [0.25, 0.3) is 5.91 Å². The molecule has 2 aromatic heterocycles. The van der Waals surface area contributed by atoms with Gasteiger partial charge in [-0.1, -0.05) is 5.21 Å². The Morgan fingerprint density at radius 1 is 1.43 bits per heavy atom. The molecule has 0 radical (unpaired) electrons. The molecule has 3 atom stereocenters. The number of hydrogen-bond donors (Lipinski definition) is 2. The van der Waals surface area contributed by atoms with Gasteiger partial charge in [0.1, 0.15) is 5.52 Å². The molecule has 2 heterocycles. The van der Waals surface area contributed by atoms with Gasteiger partial charge >= 0.3 is 0 Å². The van der Waals surface area contributed by atoms with E-state index in [-0.39, 0.29) is 18.0 Å². The van der Waals surface area contributed by atoms with Crippen LogP contribution in [0.5, 0.6) is 0 Å². The van der Waals surface area contributed by atoms with Gasteiger partial charge in [0, 0.05) is 25.0 Å². The molecule has 23 heavy (non-hydrogen) atoms. The maximum atomic E-state index is 12.4. The molecular formula is C15H16N6O2. The normalized spacial score (nSPS) is 23.7. The number of rotatable bonds is 3. The first-order valence-corrected chi connectivity index (χ1v) is 7.41. The summed E-state index contributed by atoms with van der Waals surface area (Å²) in [5.41, 5.74) is 2.08. The first kappa shape index (κ1) is 13.9. The van der Waals surface area contributed by atoms with Crippen LogP contribution in [0.4, 0.5) is 0 Å². The van der Waals surface area contributed by atoms with Gasteiger partial charge in [0.15, 0.2) is 0 Å². The van der Waals surface area contributed by atoms with Crippen LogP contribution in [-0.4, -0.2) is 47.9 Å². The number of benzene rings is 1. The summed E-state index contributed by atoms with van der Waals surface area (Å²) in [6.07, 6.45) is 3.47. The minimum atomic E-state index is -0.498. The molecule has 8 nitrogen and oxygen atoms in total. The average molecular weight is 312 g/mol. The van der Waals surface area contributed by atoms with E-state index < -0.39 is 6.10 Å². The number of nitrogens with zero attached hydrogens (tertiary/aromatic N) is 5. The lowest BCUT2D eigenvalue weighted by molar-refractivity contribution is -0.00588. The van der Waals surface area contributed by atoms with Crippen molar-refractivity contribution in [3.63, 3.8) is 0 Å². The first-order valence-electron chi connectivity index (χ1n) is 7.41. The molecule has 3 unspecified atom stereocenters. The summed E-state index contributed by atoms with van der Waals surface area (Å²) in [6.45, 7) is 0. The summed E-state index contributed by atoms with van der Waals surface area (Å²) in [5.74, 6) is -0.188. The van der Waals surface area contributed by atoms with Crippen LogP contribution in [0.25, 0.3) is 11.0 Å². The van der Waals surface area contributed by atoms with Crippen molar-refractivity contribution in [3.05, 3.63) is 42.2 Å². The van der Waals surface area contributed by atoms with Crippen molar-refractivity contribution in [2.24, 2.45) is 7.05 Å². The van der Waals surface area contributed by atoms with Crippen LogP contribution in [0.2, 0.25) is 0 Å². The van der Waals surface area contributed by atoms with Gasteiger partial charge in [0.2, 0.25) is 0 Å². The number of aliphatic hydroxyl groups is 1. The number of aromatic nitrogens is 5. The van der Waals surface area contributed by atoms with E-state index in [0.29, 0.717) is 17.5 Å². The second-order valence-corrected chi connectivity index (χ2v) is 5.78. The second-order valence-electron chi connectivity index (χ2n) is 5.78. The minimum absolute atomic E-state index is 0.144. The van der Waals surface area contributed by atoms with Crippen LogP contribution in [0.3, 0.4) is 0 Å². The largest absolute Gasteiger partial charge is 0.391 e. The zero-order valence-corrected chi connectivity index (χ0v) is 12.5. The number of amides is 1. The maximum Gasteiger partial charge on any atom is 0.251 e. The van der Waals surface area contributed by atoms with E-state index in [0.717, 1.165) is 5.52 Å². The minimum Gasteiger partial charge on any atom is -0.391 e. The third kappa shape index (κ3) is 2.27. The van der Waals surface area contributed by atoms with E-state index in [1.54, 1.807) is 47.0 Å². The molecule has 3 aromatic rings. The van der Waals surface area contributed by atoms with Gasteiger partial charge in [-0.2, -0.15) is 5.10 Å². The molecule has 1 fully saturated rings. The molecule has 0 saturated heterocycles. The van der Waals surface area contributed by atoms with Gasteiger partial charge in [0.05, 0.1) is 23.7 Å². The highest BCUT2D eigenvalue weighted by atomic mass is 16.3. The fourth-order valence-electron chi connectivity index (χ4n) is 3.01. The van der Waals surface area contributed by atoms with Crippen LogP contribution in [0.1, 0.15) is 22.8 Å². The predicted molar refractivity (Wildman–Crippen MR) is 81.7 cm³/mol. The molecule has 0 spiro atoms. The lowest BCUT2D eigenvalue weighted by atomic mass is 9.83. The lowest BCUT2D eigenvalue weighted by Gasteiger charge is -2.41. The Bertz CT molecular complexity index is 856. The average Bonchev–Trinajstić information content (AvgIpc) is 3.16. The van der Waals surface area contributed by atoms with E-state index in [1.165, 1.54) is 0 Å². The van der Waals surface area contributed by atoms with Crippen molar-refractivity contribution < 1.29 is 9.90 Å². The molecule has 1 amide bonds. The monoisotopic (exact) mass is 312 g/mol. The Morgan fingerprint density at radius 2 is 2.30 bits per heavy atom. The second kappa shape index (κ2) is 5.17. The van der Waals surface area contributed by atoms with Crippen LogP contribution >= 0.6 is 0 Å². The van der Waals surface area contributed by atoms with Gasteiger partial charge in [-0.05, 0) is 30.7 Å². The Balaban J connectivity index is 1.52. The van der Waals surface area contributed by atoms with Crippen molar-refractivity contribution in [2.45, 2.75) is 24.6 Å². The molecule has 1 saturated carbocycles. The Morgan fingerprint density at radius 3 is 3.04 bits per heavy atom. The van der Waals surface area contributed by atoms with Crippen molar-refractivity contribution in [1.29, 1.82) is 0 Å². The number of aryl methyl sites for hydroxylation is 1. The Hall–Kier alpha value is -2.74. The standard InChI is InChI=1S/C15H16N6O2/c1-20-12-4-3-9(7-10(12)18-19-20)15(23)17-11-8-13(22)14(11)21-6-2-5-16-21/h2-7,11,13-14,22H,8H2,1H3,(H,17,23). The Labute approximate surface area is 131 Å². The van der Waals surface area contributed by atoms with E-state index in [4.69, 9.17) is 0 Å². The summed E-state index contributed by atoms with van der Waals surface area (Å²) in [5, 5.41) is 25.0. The van der Waals surface area contributed by atoms with Crippen LogP contribution in [0, 0.1) is 0 Å². The van der Waals surface area contributed by atoms with Gasteiger partial charge < -0.3 is 10.4 Å². The molecule has 0 aliphatic heterocycles. The summed E-state index contributed by atoms with van der Waals surface area (Å²) in [6, 6.07) is 6.72. The lowest BCUT2D eigenvalue weighted by Crippen LogP contribution is -2.56. The molecule has 2 N–H and O–H groups in total. The number of hydrogen-bond acceptors (Lipinski definition) is 5. The van der Waals surface area contributed by atoms with Gasteiger partial charge in [-0.3, -0.25) is 9.48 Å². The highest BCUT2D eigenvalue weighted by Crippen LogP contribution is 2.32. The number of fused-ring (bicyclic) bond motifs is 1. The summed E-state index contributed by atoms with van der Waals surface area (Å²) in [4.78, 5) is 12.4. The molecule has 1 aromatic carbocycles. The molecule has 118 valence electrons. The zero-order valence-electron chi connectivity index (χ0n) is 12.5. The van der Waals surface area contributed by atoms with Gasteiger partial charge in [-0.15, -0.1) is 5.10 Å². The first-order chi connectivity index (χ1) is 11.1. The SMILES string of the molecule is Cn1nnc2cc(C(=O)NC3CC(O)C3n3cccn3)ccc21. The number of carbonyl (C=O) groups excluding carboxylic acids is 1. The third-order valence-electron chi connectivity index (χ3n) is 4.32. The zero-order chi connectivity index (χ0) is 16.0. The van der Waals surface area contributed by atoms with E-state index in [1.807, 2.05) is 6.07 Å². The van der Waals surface area contributed by atoms with E-state index in [2.05, 4.69) is 20.7 Å². The molecular weight excluding hydrogens is 296 g/mol. The fraction of sp³-hybridized carbons (Fsp3) is 0.333. The van der Waals surface area contributed by atoms with E-state index in [9.17, 15) is 9.90 Å². The van der Waals surface area contributed by atoms with Crippen molar-refractivity contribution in [2.75, 3.05) is 0 Å². The number of carbonyl (C=O) groups is 1. The van der Waals surface area contributed by atoms with Crippen molar-refractivity contribution in [1.82, 2.24) is 30.1 Å². The highest BCUT2D eigenvalue weighted by molar-refractivity contribution is 5.97. The van der Waals surface area contributed by atoms with Gasteiger partial charge in [-0.25, -0.2) is 4.68 Å². The summed E-state index contributed by atoms with van der Waals surface area (Å²) >= 11 is 0. The van der Waals surface area contributed by atoms with Crippen LogP contribution < -0.4 is 5.32 Å². The number of nitrogens with one attached hydrogen (secondary N) is 1. The topological polar surface area (TPSA) is 97.9 Å². The van der Waals surface area contributed by atoms with E-state index >= 15 is 0 Å². The summed E-state index contributed by atoms with van der Waals surface area (Å²) < 4.78 is 3.35. The summed E-state index contributed by atoms with van der Waals surface area (Å²) in [7, 11) is 1.81. The quantitative estimate of drug-likeness (QED) is 0.723. The van der Waals surface area contributed by atoms with Crippen molar-refractivity contribution in [3.8, 4) is 0 Å². The van der Waals surface area contributed by atoms with Crippen LogP contribution in [-0.2, 0) is 7.05 Å². The fourth-order valence-corrected chi connectivity index (χ4v) is 3.01. The third-order valence-corrected chi connectivity index (χ3v) is 4.32. The Kier molecular flexibility index (Phi) is 3.12. The maximum absolute atomic E-state index is 12.4.